The minimum Gasteiger partial charge on any atom is -0.379 e. The van der Waals surface area contributed by atoms with E-state index in [4.69, 9.17) is 10.5 Å². The largest absolute Gasteiger partial charge is 0.379 e. The molecule has 3 atom stereocenters. The van der Waals surface area contributed by atoms with Crippen LogP contribution in [0.1, 0.15) is 25.5 Å². The fourth-order valence-electron chi connectivity index (χ4n) is 2.19. The number of nitrogens with one attached hydrogen (secondary N) is 1. The van der Waals surface area contributed by atoms with E-state index in [0.717, 1.165) is 10.0 Å². The second-order valence-electron chi connectivity index (χ2n) is 5.26. The van der Waals surface area contributed by atoms with Gasteiger partial charge in [-0.1, -0.05) is 34.1 Å². The van der Waals surface area contributed by atoms with Gasteiger partial charge in [0.2, 0.25) is 5.91 Å². The first-order valence-corrected chi connectivity index (χ1v) is 7.13. The summed E-state index contributed by atoms with van der Waals surface area (Å²) in [5.74, 6) is -0.0549. The van der Waals surface area contributed by atoms with Crippen molar-refractivity contribution in [3.05, 3.63) is 34.3 Å². The summed E-state index contributed by atoms with van der Waals surface area (Å²) in [7, 11) is 0. The van der Waals surface area contributed by atoms with Gasteiger partial charge in [-0.15, -0.1) is 0 Å². The van der Waals surface area contributed by atoms with E-state index in [9.17, 15) is 4.79 Å². The van der Waals surface area contributed by atoms with Crippen LogP contribution in [0.5, 0.6) is 0 Å². The average molecular weight is 327 g/mol. The van der Waals surface area contributed by atoms with Gasteiger partial charge in [0.25, 0.3) is 0 Å². The number of hydrogen-bond acceptors (Lipinski definition) is 3. The van der Waals surface area contributed by atoms with Crippen LogP contribution in [0, 0.1) is 5.41 Å². The molecule has 1 aromatic carbocycles. The van der Waals surface area contributed by atoms with E-state index in [2.05, 4.69) is 21.2 Å². The van der Waals surface area contributed by atoms with Gasteiger partial charge in [-0.2, -0.15) is 0 Å². The highest BCUT2D eigenvalue weighted by molar-refractivity contribution is 9.10. The molecule has 1 fully saturated rings. The molecule has 2 rings (SSSR count). The van der Waals surface area contributed by atoms with Crippen molar-refractivity contribution in [3.8, 4) is 0 Å². The SMILES string of the molecule is CC(NC(=O)C1(C)COCC1N)c1ccccc1Br. The number of amides is 1. The second-order valence-corrected chi connectivity index (χ2v) is 6.11. The number of benzene rings is 1. The molecule has 1 aromatic rings. The van der Waals surface area contributed by atoms with Crippen molar-refractivity contribution in [2.24, 2.45) is 11.1 Å². The molecule has 1 saturated heterocycles. The van der Waals surface area contributed by atoms with Gasteiger partial charge >= 0.3 is 0 Å². The first kappa shape index (κ1) is 14.5. The Morgan fingerprint density at radius 2 is 2.26 bits per heavy atom. The van der Waals surface area contributed by atoms with Crippen LogP contribution in [0.2, 0.25) is 0 Å². The molecule has 1 amide bonds. The van der Waals surface area contributed by atoms with Crippen molar-refractivity contribution < 1.29 is 9.53 Å². The van der Waals surface area contributed by atoms with Gasteiger partial charge < -0.3 is 15.8 Å². The molecular weight excluding hydrogens is 308 g/mol. The zero-order chi connectivity index (χ0) is 14.0. The summed E-state index contributed by atoms with van der Waals surface area (Å²) in [5.41, 5.74) is 6.37. The predicted molar refractivity (Wildman–Crippen MR) is 77.6 cm³/mol. The van der Waals surface area contributed by atoms with Crippen LogP contribution < -0.4 is 11.1 Å². The summed E-state index contributed by atoms with van der Waals surface area (Å²) in [6.07, 6.45) is 0. The van der Waals surface area contributed by atoms with E-state index in [1.54, 1.807) is 0 Å². The monoisotopic (exact) mass is 326 g/mol. The highest BCUT2D eigenvalue weighted by Gasteiger charge is 2.44. The molecule has 3 N–H and O–H groups in total. The Morgan fingerprint density at radius 3 is 2.84 bits per heavy atom. The Hall–Kier alpha value is -0.910. The number of nitrogens with two attached hydrogens (primary N) is 1. The van der Waals surface area contributed by atoms with Crippen LogP contribution in [0.4, 0.5) is 0 Å². The van der Waals surface area contributed by atoms with Gasteiger partial charge in [-0.3, -0.25) is 4.79 Å². The molecule has 4 nitrogen and oxygen atoms in total. The Balaban J connectivity index is 2.09. The third-order valence-electron chi connectivity index (χ3n) is 3.76. The molecule has 0 aliphatic carbocycles. The van der Waals surface area contributed by atoms with Crippen LogP contribution in [-0.2, 0) is 9.53 Å². The maximum atomic E-state index is 12.4. The third-order valence-corrected chi connectivity index (χ3v) is 4.48. The number of halogens is 1. The van der Waals surface area contributed by atoms with Gasteiger partial charge in [0.15, 0.2) is 0 Å². The Kier molecular flexibility index (Phi) is 4.28. The lowest BCUT2D eigenvalue weighted by Gasteiger charge is -2.28. The first-order chi connectivity index (χ1) is 8.95. The van der Waals surface area contributed by atoms with E-state index in [1.807, 2.05) is 38.1 Å². The van der Waals surface area contributed by atoms with Gasteiger partial charge in [0.1, 0.15) is 0 Å². The Bertz CT molecular complexity index is 480. The van der Waals surface area contributed by atoms with Crippen molar-refractivity contribution in [2.75, 3.05) is 13.2 Å². The third kappa shape index (κ3) is 2.83. The molecule has 19 heavy (non-hydrogen) atoms. The molecule has 0 spiro atoms. The van der Waals surface area contributed by atoms with Gasteiger partial charge in [0, 0.05) is 10.5 Å². The normalized spacial score (nSPS) is 28.1. The van der Waals surface area contributed by atoms with Crippen LogP contribution in [-0.4, -0.2) is 25.2 Å². The maximum Gasteiger partial charge on any atom is 0.230 e. The van der Waals surface area contributed by atoms with E-state index in [1.165, 1.54) is 0 Å². The van der Waals surface area contributed by atoms with Crippen molar-refractivity contribution in [2.45, 2.75) is 25.9 Å². The molecule has 5 heteroatoms. The lowest BCUT2D eigenvalue weighted by Crippen LogP contribution is -2.50. The van der Waals surface area contributed by atoms with Gasteiger partial charge in [-0.25, -0.2) is 0 Å². The minimum absolute atomic E-state index is 0.0549. The molecule has 104 valence electrons. The molecular formula is C14H19BrN2O2. The molecule has 0 radical (unpaired) electrons. The van der Waals surface area contributed by atoms with E-state index >= 15 is 0 Å². The molecule has 1 aliphatic heterocycles. The molecule has 1 heterocycles. The van der Waals surface area contributed by atoms with Crippen LogP contribution >= 0.6 is 15.9 Å². The number of carbonyl (C=O) groups is 1. The predicted octanol–water partition coefficient (Wildman–Crippen LogP) is 1.99. The number of ether oxygens (including phenoxy) is 1. The summed E-state index contributed by atoms with van der Waals surface area (Å²) in [6.45, 7) is 4.63. The minimum atomic E-state index is -0.643. The number of hydrogen-bond donors (Lipinski definition) is 2. The van der Waals surface area contributed by atoms with Crippen LogP contribution in [0.15, 0.2) is 28.7 Å². The van der Waals surface area contributed by atoms with E-state index in [0.29, 0.717) is 13.2 Å². The zero-order valence-corrected chi connectivity index (χ0v) is 12.7. The topological polar surface area (TPSA) is 64.3 Å². The fourth-order valence-corrected chi connectivity index (χ4v) is 2.82. The van der Waals surface area contributed by atoms with Crippen molar-refractivity contribution in [3.63, 3.8) is 0 Å². The summed E-state index contributed by atoms with van der Waals surface area (Å²) in [5, 5.41) is 3.02. The summed E-state index contributed by atoms with van der Waals surface area (Å²) in [4.78, 5) is 12.4. The van der Waals surface area contributed by atoms with E-state index in [-0.39, 0.29) is 18.0 Å². The number of rotatable bonds is 3. The van der Waals surface area contributed by atoms with Crippen molar-refractivity contribution in [1.29, 1.82) is 0 Å². The van der Waals surface area contributed by atoms with Crippen molar-refractivity contribution in [1.82, 2.24) is 5.32 Å². The molecule has 3 unspecified atom stereocenters. The van der Waals surface area contributed by atoms with Crippen molar-refractivity contribution >= 4 is 21.8 Å². The smallest absolute Gasteiger partial charge is 0.230 e. The Labute approximate surface area is 121 Å². The standard InChI is InChI=1S/C14H19BrN2O2/c1-9(10-5-3-4-6-11(10)15)17-13(18)14(2)8-19-7-12(14)16/h3-6,9,12H,7-8,16H2,1-2H3,(H,17,18). The summed E-state index contributed by atoms with van der Waals surface area (Å²) < 4.78 is 6.30. The fraction of sp³-hybridized carbons (Fsp3) is 0.500. The maximum absolute atomic E-state index is 12.4. The molecule has 0 bridgehead atoms. The lowest BCUT2D eigenvalue weighted by atomic mass is 9.84. The first-order valence-electron chi connectivity index (χ1n) is 6.34. The quantitative estimate of drug-likeness (QED) is 0.892. The lowest BCUT2D eigenvalue weighted by molar-refractivity contribution is -0.131. The van der Waals surface area contributed by atoms with Crippen LogP contribution in [0.3, 0.4) is 0 Å². The van der Waals surface area contributed by atoms with Gasteiger partial charge in [0.05, 0.1) is 24.7 Å². The van der Waals surface area contributed by atoms with E-state index < -0.39 is 5.41 Å². The highest BCUT2D eigenvalue weighted by atomic mass is 79.9. The molecule has 0 saturated carbocycles. The highest BCUT2D eigenvalue weighted by Crippen LogP contribution is 2.29. The summed E-state index contributed by atoms with van der Waals surface area (Å²) in [6, 6.07) is 7.53. The second kappa shape index (κ2) is 5.61. The average Bonchev–Trinajstić information content (AvgIpc) is 2.71. The number of carbonyl (C=O) groups excluding carboxylic acids is 1. The Morgan fingerprint density at radius 1 is 1.58 bits per heavy atom. The summed E-state index contributed by atoms with van der Waals surface area (Å²) >= 11 is 3.49. The van der Waals surface area contributed by atoms with Crippen LogP contribution in [0.25, 0.3) is 0 Å². The molecule has 0 aromatic heterocycles. The van der Waals surface area contributed by atoms with Gasteiger partial charge in [-0.05, 0) is 25.5 Å². The molecule has 1 aliphatic rings. The zero-order valence-electron chi connectivity index (χ0n) is 11.2.